The molecule has 0 aliphatic heterocycles. The van der Waals surface area contributed by atoms with Crippen LogP contribution in [0.15, 0.2) is 35.5 Å². The smallest absolute Gasteiger partial charge is 0.262 e. The normalized spacial score (nSPS) is 10.8. The van der Waals surface area contributed by atoms with E-state index in [1.807, 2.05) is 6.07 Å². The first-order valence-corrected chi connectivity index (χ1v) is 7.37. The Bertz CT molecular complexity index is 782. The molecule has 0 fully saturated rings. The van der Waals surface area contributed by atoms with Crippen molar-refractivity contribution in [2.45, 2.75) is 4.90 Å². The molecule has 0 saturated heterocycles. The van der Waals surface area contributed by atoms with Crippen LogP contribution in [0.2, 0.25) is 10.3 Å². The lowest BCUT2D eigenvalue weighted by Crippen LogP contribution is -2.14. The average Bonchev–Trinajstić information content (AvgIpc) is 2.43. The summed E-state index contributed by atoms with van der Waals surface area (Å²) in [6, 6.07) is 7.38. The van der Waals surface area contributed by atoms with Crippen LogP contribution in [0.3, 0.4) is 0 Å². The molecule has 0 spiro atoms. The minimum atomic E-state index is -3.94. The minimum absolute atomic E-state index is 0.0902. The average molecular weight is 329 g/mol. The molecule has 1 aromatic heterocycles. The summed E-state index contributed by atoms with van der Waals surface area (Å²) in [4.78, 5) is 7.19. The highest BCUT2D eigenvalue weighted by Gasteiger charge is 2.19. The summed E-state index contributed by atoms with van der Waals surface area (Å²) in [6.45, 7) is 0. The van der Waals surface area contributed by atoms with Crippen LogP contribution in [-0.2, 0) is 10.0 Å². The first-order chi connectivity index (χ1) is 9.44. The van der Waals surface area contributed by atoms with E-state index in [1.165, 1.54) is 24.3 Å². The van der Waals surface area contributed by atoms with Crippen LogP contribution < -0.4 is 4.72 Å². The first-order valence-electron chi connectivity index (χ1n) is 5.13. The molecule has 0 bridgehead atoms. The van der Waals surface area contributed by atoms with Gasteiger partial charge in [-0.15, -0.1) is 0 Å². The molecule has 6 nitrogen and oxygen atoms in total. The highest BCUT2D eigenvalue weighted by Crippen LogP contribution is 2.28. The van der Waals surface area contributed by atoms with Gasteiger partial charge >= 0.3 is 0 Å². The van der Waals surface area contributed by atoms with Gasteiger partial charge in [0.05, 0.1) is 16.5 Å². The third-order valence-electron chi connectivity index (χ3n) is 2.26. The molecule has 0 unspecified atom stereocenters. The topological polar surface area (TPSA) is 95.7 Å². The number of nitrogens with zero attached hydrogens (tertiary/aromatic N) is 3. The van der Waals surface area contributed by atoms with Gasteiger partial charge in [-0.1, -0.05) is 29.3 Å². The van der Waals surface area contributed by atoms with Crippen molar-refractivity contribution < 1.29 is 8.42 Å². The maximum Gasteiger partial charge on any atom is 0.262 e. The summed E-state index contributed by atoms with van der Waals surface area (Å²) >= 11 is 11.5. The molecular formula is C11H6Cl2N4O2S. The second-order valence-electron chi connectivity index (χ2n) is 3.58. The van der Waals surface area contributed by atoms with Crippen molar-refractivity contribution in [1.82, 2.24) is 9.97 Å². The zero-order valence-corrected chi connectivity index (χ0v) is 12.0. The van der Waals surface area contributed by atoms with E-state index < -0.39 is 10.0 Å². The van der Waals surface area contributed by atoms with E-state index in [0.717, 1.165) is 6.33 Å². The van der Waals surface area contributed by atoms with Crippen molar-refractivity contribution in [2.75, 3.05) is 4.72 Å². The van der Waals surface area contributed by atoms with Gasteiger partial charge in [0.25, 0.3) is 10.0 Å². The molecule has 0 aliphatic carbocycles. The summed E-state index contributed by atoms with van der Waals surface area (Å²) in [7, 11) is -3.94. The highest BCUT2D eigenvalue weighted by molar-refractivity contribution is 7.92. The van der Waals surface area contributed by atoms with Crippen LogP contribution in [0, 0.1) is 11.3 Å². The number of hydrogen-bond acceptors (Lipinski definition) is 5. The Morgan fingerprint density at radius 1 is 1.20 bits per heavy atom. The Balaban J connectivity index is 2.44. The minimum Gasteiger partial charge on any atom is -0.274 e. The predicted octanol–water partition coefficient (Wildman–Crippen LogP) is 2.46. The van der Waals surface area contributed by atoms with Crippen LogP contribution in [0.5, 0.6) is 0 Å². The number of anilines is 1. The van der Waals surface area contributed by atoms with Gasteiger partial charge in [-0.05, 0) is 18.2 Å². The van der Waals surface area contributed by atoms with Gasteiger partial charge in [-0.2, -0.15) is 5.26 Å². The van der Waals surface area contributed by atoms with E-state index in [0.29, 0.717) is 0 Å². The van der Waals surface area contributed by atoms with Gasteiger partial charge in [0.15, 0.2) is 10.3 Å². The van der Waals surface area contributed by atoms with Crippen LogP contribution in [0.1, 0.15) is 5.56 Å². The molecule has 2 rings (SSSR count). The Morgan fingerprint density at radius 3 is 2.45 bits per heavy atom. The lowest BCUT2D eigenvalue weighted by Gasteiger charge is -2.09. The fourth-order valence-corrected chi connectivity index (χ4v) is 3.00. The highest BCUT2D eigenvalue weighted by atomic mass is 35.5. The van der Waals surface area contributed by atoms with Crippen LogP contribution >= 0.6 is 23.2 Å². The molecule has 1 heterocycles. The molecule has 20 heavy (non-hydrogen) atoms. The monoisotopic (exact) mass is 328 g/mol. The van der Waals surface area contributed by atoms with Crippen LogP contribution in [0.4, 0.5) is 5.69 Å². The Morgan fingerprint density at radius 2 is 1.85 bits per heavy atom. The molecule has 0 aliphatic rings. The summed E-state index contributed by atoms with van der Waals surface area (Å²) in [6.07, 6.45) is 1.11. The van der Waals surface area contributed by atoms with Crippen molar-refractivity contribution in [2.24, 2.45) is 0 Å². The van der Waals surface area contributed by atoms with Gasteiger partial charge in [0.1, 0.15) is 12.0 Å². The van der Waals surface area contributed by atoms with Gasteiger partial charge in [0.2, 0.25) is 0 Å². The molecule has 1 aromatic carbocycles. The van der Waals surface area contributed by atoms with E-state index in [9.17, 15) is 8.42 Å². The summed E-state index contributed by atoms with van der Waals surface area (Å²) in [5.74, 6) is 0. The van der Waals surface area contributed by atoms with Gasteiger partial charge in [0, 0.05) is 0 Å². The second kappa shape index (κ2) is 5.63. The largest absolute Gasteiger partial charge is 0.274 e. The number of sulfonamides is 1. The number of halogens is 2. The molecule has 2 aromatic rings. The molecule has 102 valence electrons. The van der Waals surface area contributed by atoms with E-state index in [2.05, 4.69) is 14.7 Å². The number of nitrogens with one attached hydrogen (secondary N) is 1. The Hall–Kier alpha value is -1.88. The standard InChI is InChI=1S/C11H6Cl2N4O2S/c12-10-9(11(13)16-6-15-10)17-20(18,19)8-3-1-2-7(4-8)5-14/h1-4,6,17H. The number of hydrogen-bond donors (Lipinski definition) is 1. The van der Waals surface area contributed by atoms with Crippen LogP contribution in [0.25, 0.3) is 0 Å². The zero-order chi connectivity index (χ0) is 14.8. The summed E-state index contributed by atoms with van der Waals surface area (Å²) in [5.41, 5.74) is 0.104. The van der Waals surface area contributed by atoms with Crippen molar-refractivity contribution in [3.63, 3.8) is 0 Å². The molecule has 0 radical (unpaired) electrons. The fourth-order valence-electron chi connectivity index (χ4n) is 1.35. The number of nitriles is 1. The van der Waals surface area contributed by atoms with Crippen molar-refractivity contribution >= 4 is 38.9 Å². The predicted molar refractivity (Wildman–Crippen MR) is 74.0 cm³/mol. The first kappa shape index (κ1) is 14.5. The molecular weight excluding hydrogens is 323 g/mol. The zero-order valence-electron chi connectivity index (χ0n) is 9.71. The molecule has 0 atom stereocenters. The van der Waals surface area contributed by atoms with Gasteiger partial charge in [-0.3, -0.25) is 4.72 Å². The van der Waals surface area contributed by atoms with Gasteiger partial charge in [-0.25, -0.2) is 18.4 Å². The van der Waals surface area contributed by atoms with E-state index in [-0.39, 0.29) is 26.5 Å². The number of rotatable bonds is 3. The van der Waals surface area contributed by atoms with Gasteiger partial charge < -0.3 is 0 Å². The lowest BCUT2D eigenvalue weighted by atomic mass is 10.2. The summed E-state index contributed by atoms with van der Waals surface area (Å²) in [5, 5.41) is 8.54. The maximum atomic E-state index is 12.2. The SMILES string of the molecule is N#Cc1cccc(S(=O)(=O)Nc2c(Cl)ncnc2Cl)c1. The molecule has 1 N–H and O–H groups in total. The van der Waals surface area contributed by atoms with E-state index in [4.69, 9.17) is 28.5 Å². The van der Waals surface area contributed by atoms with E-state index in [1.54, 1.807) is 0 Å². The second-order valence-corrected chi connectivity index (χ2v) is 5.97. The maximum absolute atomic E-state index is 12.2. The lowest BCUT2D eigenvalue weighted by molar-refractivity contribution is 0.601. The van der Waals surface area contributed by atoms with E-state index >= 15 is 0 Å². The number of benzene rings is 1. The van der Waals surface area contributed by atoms with Crippen molar-refractivity contribution in [3.8, 4) is 6.07 Å². The van der Waals surface area contributed by atoms with Crippen molar-refractivity contribution in [3.05, 3.63) is 46.5 Å². The van der Waals surface area contributed by atoms with Crippen molar-refractivity contribution in [1.29, 1.82) is 5.26 Å². The Labute approximate surface area is 125 Å². The molecule has 0 amide bonds. The molecule has 0 saturated carbocycles. The summed E-state index contributed by atoms with van der Waals surface area (Å²) < 4.78 is 26.6. The fraction of sp³-hybridized carbons (Fsp3) is 0. The Kier molecular flexibility index (Phi) is 4.09. The third-order valence-corrected chi connectivity index (χ3v) is 4.19. The third kappa shape index (κ3) is 2.99. The quantitative estimate of drug-likeness (QED) is 0.873. The van der Waals surface area contributed by atoms with Crippen LogP contribution in [-0.4, -0.2) is 18.4 Å². The number of aromatic nitrogens is 2. The molecule has 9 heteroatoms.